The summed E-state index contributed by atoms with van der Waals surface area (Å²) in [4.78, 5) is 0. The summed E-state index contributed by atoms with van der Waals surface area (Å²) in [6.45, 7) is -1.70. The van der Waals surface area contributed by atoms with Gasteiger partial charge in [0.1, 0.15) is 30.7 Å². The molecule has 1 aromatic carbocycles. The predicted octanol–water partition coefficient (Wildman–Crippen LogP) is 1.81. The zero-order valence-electron chi connectivity index (χ0n) is 7.27. The second-order valence-electron chi connectivity index (χ2n) is 2.56. The quantitative estimate of drug-likeness (QED) is 0.814. The Bertz CT molecular complexity index is 292. The molecule has 78 valence electrons. The molecule has 0 saturated heterocycles. The molecule has 5 heteroatoms. The normalized spacial score (nSPS) is 10.3. The van der Waals surface area contributed by atoms with E-state index < -0.39 is 30.5 Å². The lowest BCUT2D eigenvalue weighted by Crippen LogP contribution is -2.02. The molecule has 0 aromatic heterocycles. The molecule has 1 rings (SSSR count). The van der Waals surface area contributed by atoms with E-state index in [0.717, 1.165) is 12.1 Å². The average Bonchev–Trinajstić information content (AvgIpc) is 2.14. The van der Waals surface area contributed by atoms with Crippen molar-refractivity contribution < 1.29 is 23.0 Å². The first-order valence-corrected chi connectivity index (χ1v) is 3.96. The fraction of sp³-hybridized carbons (Fsp3) is 0.333. The van der Waals surface area contributed by atoms with Gasteiger partial charge in [0.25, 0.3) is 0 Å². The van der Waals surface area contributed by atoms with Crippen LogP contribution in [0.5, 0.6) is 5.75 Å². The van der Waals surface area contributed by atoms with Crippen LogP contribution in [-0.2, 0) is 6.61 Å². The third-order valence-corrected chi connectivity index (χ3v) is 1.62. The zero-order chi connectivity index (χ0) is 10.6. The van der Waals surface area contributed by atoms with E-state index >= 15 is 0 Å². The SMILES string of the molecule is OCc1c(F)cc(OCCF)cc1F. The molecule has 0 saturated carbocycles. The van der Waals surface area contributed by atoms with Gasteiger partial charge in [-0.15, -0.1) is 0 Å². The lowest BCUT2D eigenvalue weighted by atomic mass is 10.2. The molecule has 0 aliphatic heterocycles. The van der Waals surface area contributed by atoms with Crippen LogP contribution in [0.1, 0.15) is 5.56 Å². The van der Waals surface area contributed by atoms with Gasteiger partial charge in [-0.05, 0) is 0 Å². The number of alkyl halides is 1. The van der Waals surface area contributed by atoms with Gasteiger partial charge in [0.2, 0.25) is 0 Å². The van der Waals surface area contributed by atoms with Crippen LogP contribution in [0.4, 0.5) is 13.2 Å². The summed E-state index contributed by atoms with van der Waals surface area (Å²) in [7, 11) is 0. The van der Waals surface area contributed by atoms with Crippen LogP contribution in [0.2, 0.25) is 0 Å². The van der Waals surface area contributed by atoms with Crippen molar-refractivity contribution in [1.29, 1.82) is 0 Å². The van der Waals surface area contributed by atoms with Gasteiger partial charge in [0.05, 0.1) is 6.61 Å². The van der Waals surface area contributed by atoms with Crippen molar-refractivity contribution in [2.24, 2.45) is 0 Å². The lowest BCUT2D eigenvalue weighted by Gasteiger charge is -2.06. The van der Waals surface area contributed by atoms with Crippen LogP contribution in [-0.4, -0.2) is 18.4 Å². The highest BCUT2D eigenvalue weighted by molar-refractivity contribution is 5.30. The van der Waals surface area contributed by atoms with Crippen molar-refractivity contribution >= 4 is 0 Å². The molecule has 1 aromatic rings. The monoisotopic (exact) mass is 206 g/mol. The van der Waals surface area contributed by atoms with E-state index in [0.29, 0.717) is 0 Å². The topological polar surface area (TPSA) is 29.5 Å². The van der Waals surface area contributed by atoms with Crippen LogP contribution >= 0.6 is 0 Å². The first-order chi connectivity index (χ1) is 6.69. The van der Waals surface area contributed by atoms with Crippen molar-refractivity contribution in [3.8, 4) is 5.75 Å². The van der Waals surface area contributed by atoms with Crippen molar-refractivity contribution in [2.75, 3.05) is 13.3 Å². The molecule has 0 bridgehead atoms. The van der Waals surface area contributed by atoms with Gasteiger partial charge < -0.3 is 9.84 Å². The number of aliphatic hydroxyl groups is 1. The average molecular weight is 206 g/mol. The fourth-order valence-electron chi connectivity index (χ4n) is 0.971. The summed E-state index contributed by atoms with van der Waals surface area (Å²) in [6.07, 6.45) is 0. The Labute approximate surface area is 78.9 Å². The van der Waals surface area contributed by atoms with Crippen molar-refractivity contribution in [1.82, 2.24) is 0 Å². The second kappa shape index (κ2) is 4.85. The maximum absolute atomic E-state index is 13.0. The molecule has 2 nitrogen and oxygen atoms in total. The summed E-state index contributed by atoms with van der Waals surface area (Å²) >= 11 is 0. The Balaban J connectivity index is 2.90. The predicted molar refractivity (Wildman–Crippen MR) is 43.8 cm³/mol. The van der Waals surface area contributed by atoms with Crippen LogP contribution in [0, 0.1) is 11.6 Å². The molecule has 0 spiro atoms. The number of ether oxygens (including phenoxy) is 1. The Kier molecular flexibility index (Phi) is 3.76. The standard InChI is InChI=1S/C9H9F3O2/c10-1-2-14-6-3-8(11)7(5-13)9(12)4-6/h3-4,13H,1-2,5H2. The Morgan fingerprint density at radius 2 is 1.79 bits per heavy atom. The molecular weight excluding hydrogens is 197 g/mol. The first kappa shape index (κ1) is 10.8. The Morgan fingerprint density at radius 1 is 1.21 bits per heavy atom. The fourth-order valence-corrected chi connectivity index (χ4v) is 0.971. The summed E-state index contributed by atoms with van der Waals surface area (Å²) in [5.41, 5.74) is -0.419. The van der Waals surface area contributed by atoms with Gasteiger partial charge >= 0.3 is 0 Å². The molecule has 0 atom stereocenters. The molecule has 1 N–H and O–H groups in total. The molecule has 0 aliphatic rings. The van der Waals surface area contributed by atoms with Gasteiger partial charge in [-0.3, -0.25) is 0 Å². The minimum absolute atomic E-state index is 0.0881. The summed E-state index contributed by atoms with van der Waals surface area (Å²) < 4.78 is 42.3. The van der Waals surface area contributed by atoms with E-state index in [1.807, 2.05) is 0 Å². The number of hydrogen-bond acceptors (Lipinski definition) is 2. The Hall–Kier alpha value is -1.23. The number of halogens is 3. The summed E-state index contributed by atoms with van der Waals surface area (Å²) in [6, 6.07) is 1.81. The molecule has 0 unspecified atom stereocenters. The Morgan fingerprint density at radius 3 is 2.21 bits per heavy atom. The van der Waals surface area contributed by atoms with Gasteiger partial charge in [-0.25, -0.2) is 13.2 Å². The van der Waals surface area contributed by atoms with Gasteiger partial charge in [-0.1, -0.05) is 0 Å². The molecule has 0 aliphatic carbocycles. The minimum atomic E-state index is -0.902. The number of benzene rings is 1. The molecule has 0 amide bonds. The minimum Gasteiger partial charge on any atom is -0.491 e. The first-order valence-electron chi connectivity index (χ1n) is 3.96. The van der Waals surface area contributed by atoms with E-state index in [1.165, 1.54) is 0 Å². The molecule has 14 heavy (non-hydrogen) atoms. The second-order valence-corrected chi connectivity index (χ2v) is 2.56. The number of aliphatic hydroxyl groups excluding tert-OH is 1. The van der Waals surface area contributed by atoms with E-state index in [2.05, 4.69) is 4.74 Å². The number of hydrogen-bond donors (Lipinski definition) is 1. The highest BCUT2D eigenvalue weighted by Crippen LogP contribution is 2.20. The lowest BCUT2D eigenvalue weighted by molar-refractivity contribution is 0.260. The molecule has 0 radical (unpaired) electrons. The van der Waals surface area contributed by atoms with Gasteiger partial charge in [0, 0.05) is 17.7 Å². The van der Waals surface area contributed by atoms with Crippen LogP contribution in [0.3, 0.4) is 0 Å². The van der Waals surface area contributed by atoms with Crippen molar-refractivity contribution in [3.63, 3.8) is 0 Å². The maximum Gasteiger partial charge on any atom is 0.135 e. The van der Waals surface area contributed by atoms with Gasteiger partial charge in [0.15, 0.2) is 0 Å². The molecule has 0 heterocycles. The number of rotatable bonds is 4. The van der Waals surface area contributed by atoms with E-state index in [9.17, 15) is 13.2 Å². The van der Waals surface area contributed by atoms with Crippen molar-refractivity contribution in [2.45, 2.75) is 6.61 Å². The summed E-state index contributed by atoms with van der Waals surface area (Å²) in [5.74, 6) is -1.89. The van der Waals surface area contributed by atoms with Crippen molar-refractivity contribution in [3.05, 3.63) is 29.3 Å². The third-order valence-electron chi connectivity index (χ3n) is 1.62. The third kappa shape index (κ3) is 2.38. The molecular formula is C9H9F3O2. The van der Waals surface area contributed by atoms with Crippen LogP contribution < -0.4 is 4.74 Å². The highest BCUT2D eigenvalue weighted by Gasteiger charge is 2.10. The van der Waals surface area contributed by atoms with E-state index in [1.54, 1.807) is 0 Å². The molecule has 0 fully saturated rings. The highest BCUT2D eigenvalue weighted by atomic mass is 19.1. The largest absolute Gasteiger partial charge is 0.491 e. The van der Waals surface area contributed by atoms with Crippen LogP contribution in [0.15, 0.2) is 12.1 Å². The summed E-state index contributed by atoms with van der Waals surface area (Å²) in [5, 5.41) is 8.59. The van der Waals surface area contributed by atoms with E-state index in [-0.39, 0.29) is 12.4 Å². The maximum atomic E-state index is 13.0. The van der Waals surface area contributed by atoms with Crippen LogP contribution in [0.25, 0.3) is 0 Å². The smallest absolute Gasteiger partial charge is 0.135 e. The van der Waals surface area contributed by atoms with E-state index in [4.69, 9.17) is 5.11 Å². The van der Waals surface area contributed by atoms with Gasteiger partial charge in [-0.2, -0.15) is 0 Å². The zero-order valence-corrected chi connectivity index (χ0v) is 7.27.